The summed E-state index contributed by atoms with van der Waals surface area (Å²) in [4.78, 5) is 53.5. The number of nitrogens with zero attached hydrogens (tertiary/aromatic N) is 4. The number of fused-ring (bicyclic) bond motifs is 1. The molecule has 4 aromatic rings. The summed E-state index contributed by atoms with van der Waals surface area (Å²) < 4.78 is 7.29. The van der Waals surface area contributed by atoms with Crippen molar-refractivity contribution >= 4 is 28.3 Å². The summed E-state index contributed by atoms with van der Waals surface area (Å²) in [7, 11) is 1.53. The van der Waals surface area contributed by atoms with Crippen LogP contribution in [0.15, 0.2) is 76.4 Å². The number of pyridine rings is 1. The van der Waals surface area contributed by atoms with Crippen molar-refractivity contribution in [3.05, 3.63) is 103 Å². The van der Waals surface area contributed by atoms with Crippen LogP contribution in [0, 0.1) is 10.1 Å². The Bertz CT molecular complexity index is 1510. The lowest BCUT2D eigenvalue weighted by Gasteiger charge is -2.14. The monoisotopic (exact) mass is 461 g/mol. The summed E-state index contributed by atoms with van der Waals surface area (Å²) in [6, 6.07) is 15.4. The number of amides is 1. The topological polar surface area (TPSA) is 138 Å². The number of rotatable bonds is 7. The number of carbonyl (C=O) groups excluding carboxylic acids is 1. The van der Waals surface area contributed by atoms with Crippen LogP contribution in [0.25, 0.3) is 11.0 Å². The Morgan fingerprint density at radius 3 is 2.56 bits per heavy atom. The molecule has 0 aliphatic heterocycles. The van der Waals surface area contributed by atoms with E-state index in [1.165, 1.54) is 43.6 Å². The molecule has 2 heterocycles. The minimum atomic E-state index is -0.685. The van der Waals surface area contributed by atoms with Gasteiger partial charge in [0.25, 0.3) is 11.2 Å². The second kappa shape index (κ2) is 9.36. The zero-order chi connectivity index (χ0) is 24.2. The van der Waals surface area contributed by atoms with Gasteiger partial charge >= 0.3 is 5.69 Å². The van der Waals surface area contributed by atoms with Crippen LogP contribution in [-0.4, -0.2) is 32.1 Å². The van der Waals surface area contributed by atoms with E-state index in [9.17, 15) is 24.5 Å². The predicted octanol–water partition coefficient (Wildman–Crippen LogP) is 2.16. The molecule has 0 unspecified atom stereocenters. The van der Waals surface area contributed by atoms with Gasteiger partial charge in [0, 0.05) is 24.0 Å². The Kier molecular flexibility index (Phi) is 6.17. The minimum Gasteiger partial charge on any atom is -0.497 e. The average Bonchev–Trinajstić information content (AvgIpc) is 2.85. The molecule has 0 aliphatic carbocycles. The van der Waals surface area contributed by atoms with E-state index in [-0.39, 0.29) is 29.0 Å². The molecule has 0 atom stereocenters. The number of aromatic nitrogens is 3. The number of methoxy groups -OCH3 is 1. The van der Waals surface area contributed by atoms with Gasteiger partial charge in [0.2, 0.25) is 5.91 Å². The maximum Gasteiger partial charge on any atom is 0.332 e. The highest BCUT2D eigenvalue weighted by atomic mass is 16.6. The molecule has 2 aromatic carbocycles. The van der Waals surface area contributed by atoms with Gasteiger partial charge in [-0.05, 0) is 35.9 Å². The number of ether oxygens (including phenoxy) is 1. The number of anilines is 1. The summed E-state index contributed by atoms with van der Waals surface area (Å²) >= 11 is 0. The van der Waals surface area contributed by atoms with Crippen LogP contribution in [0.1, 0.15) is 5.56 Å². The number of carbonyl (C=O) groups is 1. The summed E-state index contributed by atoms with van der Waals surface area (Å²) in [5, 5.41) is 13.5. The highest BCUT2D eigenvalue weighted by Gasteiger charge is 2.17. The zero-order valence-electron chi connectivity index (χ0n) is 18.0. The van der Waals surface area contributed by atoms with Gasteiger partial charge in [-0.15, -0.1) is 0 Å². The number of benzene rings is 2. The molecular weight excluding hydrogens is 442 g/mol. The van der Waals surface area contributed by atoms with Gasteiger partial charge in [-0.3, -0.25) is 28.8 Å². The molecule has 172 valence electrons. The van der Waals surface area contributed by atoms with Gasteiger partial charge < -0.3 is 10.1 Å². The lowest BCUT2D eigenvalue weighted by molar-refractivity contribution is -0.384. The molecule has 11 heteroatoms. The predicted molar refractivity (Wildman–Crippen MR) is 124 cm³/mol. The molecule has 2 aromatic heterocycles. The first-order chi connectivity index (χ1) is 16.4. The third-order valence-electron chi connectivity index (χ3n) is 5.13. The molecule has 0 fully saturated rings. The van der Waals surface area contributed by atoms with E-state index in [2.05, 4.69) is 10.3 Å². The van der Waals surface area contributed by atoms with E-state index >= 15 is 0 Å². The summed E-state index contributed by atoms with van der Waals surface area (Å²) in [6.07, 6.45) is 1.43. The highest BCUT2D eigenvalue weighted by molar-refractivity contribution is 5.91. The Hall–Kier alpha value is -4.80. The van der Waals surface area contributed by atoms with Crippen LogP contribution in [0.2, 0.25) is 0 Å². The Balaban J connectivity index is 1.71. The van der Waals surface area contributed by atoms with Crippen LogP contribution < -0.4 is 21.3 Å². The van der Waals surface area contributed by atoms with E-state index in [4.69, 9.17) is 4.74 Å². The minimum absolute atomic E-state index is 0.0271. The summed E-state index contributed by atoms with van der Waals surface area (Å²) in [5.74, 6) is 0.0360. The van der Waals surface area contributed by atoms with E-state index in [0.717, 1.165) is 9.13 Å². The molecule has 0 saturated heterocycles. The fourth-order valence-corrected chi connectivity index (χ4v) is 3.49. The van der Waals surface area contributed by atoms with E-state index in [0.29, 0.717) is 11.3 Å². The first-order valence-corrected chi connectivity index (χ1v) is 10.1. The smallest absolute Gasteiger partial charge is 0.332 e. The number of nitro groups is 1. The second-order valence-corrected chi connectivity index (χ2v) is 7.33. The van der Waals surface area contributed by atoms with E-state index < -0.39 is 28.6 Å². The van der Waals surface area contributed by atoms with Crippen LogP contribution in [0.5, 0.6) is 5.75 Å². The number of hydrogen-bond acceptors (Lipinski definition) is 7. The number of hydrogen-bond donors (Lipinski definition) is 1. The first-order valence-electron chi connectivity index (χ1n) is 10.1. The molecule has 1 N–H and O–H groups in total. The van der Waals surface area contributed by atoms with Gasteiger partial charge in [-0.2, -0.15) is 0 Å². The van der Waals surface area contributed by atoms with Gasteiger partial charge in [0.15, 0.2) is 5.52 Å². The molecule has 4 rings (SSSR count). The van der Waals surface area contributed by atoms with Crippen molar-refractivity contribution in [2.75, 3.05) is 12.4 Å². The van der Waals surface area contributed by atoms with Gasteiger partial charge in [-0.1, -0.05) is 18.2 Å². The quantitative estimate of drug-likeness (QED) is 0.329. The lowest BCUT2D eigenvalue weighted by Crippen LogP contribution is -2.42. The third kappa shape index (κ3) is 4.53. The Morgan fingerprint density at radius 2 is 1.85 bits per heavy atom. The molecule has 11 nitrogen and oxygen atoms in total. The summed E-state index contributed by atoms with van der Waals surface area (Å²) in [6.45, 7) is -0.451. The van der Waals surface area contributed by atoms with Crippen LogP contribution >= 0.6 is 0 Å². The molecule has 0 saturated carbocycles. The highest BCUT2D eigenvalue weighted by Crippen LogP contribution is 2.17. The van der Waals surface area contributed by atoms with Crippen molar-refractivity contribution in [3.63, 3.8) is 0 Å². The van der Waals surface area contributed by atoms with Crippen molar-refractivity contribution < 1.29 is 14.5 Å². The lowest BCUT2D eigenvalue weighted by atomic mass is 10.2. The average molecular weight is 461 g/mol. The molecular formula is C23H19N5O6. The van der Waals surface area contributed by atoms with E-state index in [1.54, 1.807) is 30.3 Å². The molecule has 0 bridgehead atoms. The first kappa shape index (κ1) is 22.4. The third-order valence-corrected chi connectivity index (χ3v) is 5.13. The van der Waals surface area contributed by atoms with Crippen molar-refractivity contribution in [2.45, 2.75) is 13.1 Å². The van der Waals surface area contributed by atoms with Gasteiger partial charge in [0.05, 0.1) is 24.1 Å². The zero-order valence-corrected chi connectivity index (χ0v) is 18.0. The second-order valence-electron chi connectivity index (χ2n) is 7.33. The number of nitrogens with one attached hydrogen (secondary N) is 1. The fourth-order valence-electron chi connectivity index (χ4n) is 3.49. The SMILES string of the molecule is COc1ccc(Cn2c(=O)c3ncccc3n(CC(=O)Nc3cccc([N+](=O)[O-])c3)c2=O)cc1. The van der Waals surface area contributed by atoms with Crippen molar-refractivity contribution in [1.29, 1.82) is 0 Å². The Labute approximate surface area is 192 Å². The van der Waals surface area contributed by atoms with Gasteiger partial charge in [-0.25, -0.2) is 9.78 Å². The molecule has 0 spiro atoms. The van der Waals surface area contributed by atoms with Crippen molar-refractivity contribution in [1.82, 2.24) is 14.1 Å². The number of non-ortho nitro benzene ring substituents is 1. The standard InChI is InChI=1S/C23H19N5O6/c1-34-18-9-7-15(8-10-18)13-27-22(30)21-19(6-3-11-24-21)26(23(27)31)14-20(29)25-16-4-2-5-17(12-16)28(32)33/h2-12H,13-14H2,1H3,(H,25,29). The molecule has 0 radical (unpaired) electrons. The molecule has 1 amide bonds. The van der Waals surface area contributed by atoms with E-state index in [1.807, 2.05) is 0 Å². The van der Waals surface area contributed by atoms with Crippen LogP contribution in [0.3, 0.4) is 0 Å². The largest absolute Gasteiger partial charge is 0.497 e. The normalized spacial score (nSPS) is 10.7. The van der Waals surface area contributed by atoms with Crippen molar-refractivity contribution in [3.8, 4) is 5.75 Å². The maximum absolute atomic E-state index is 13.3. The van der Waals surface area contributed by atoms with Crippen molar-refractivity contribution in [2.24, 2.45) is 0 Å². The van der Waals surface area contributed by atoms with Crippen LogP contribution in [-0.2, 0) is 17.9 Å². The fraction of sp³-hybridized carbons (Fsp3) is 0.130. The van der Waals surface area contributed by atoms with Gasteiger partial charge in [0.1, 0.15) is 12.3 Å². The number of nitro benzene ring substituents is 1. The summed E-state index contributed by atoms with van der Waals surface area (Å²) in [5.41, 5.74) is -0.305. The van der Waals surface area contributed by atoms with Crippen LogP contribution in [0.4, 0.5) is 11.4 Å². The Morgan fingerprint density at radius 1 is 1.09 bits per heavy atom. The molecule has 0 aliphatic rings. The molecule has 34 heavy (non-hydrogen) atoms. The maximum atomic E-state index is 13.3.